The van der Waals surface area contributed by atoms with Crippen LogP contribution in [-0.2, 0) is 20.9 Å². The molecule has 4 aliphatic heterocycles. The number of hydrogen-bond donors (Lipinski definition) is 1. The molecule has 0 aromatic heterocycles. The van der Waals surface area contributed by atoms with Crippen molar-refractivity contribution in [2.75, 3.05) is 46.1 Å². The van der Waals surface area contributed by atoms with Gasteiger partial charge in [0.25, 0.3) is 0 Å². The third kappa shape index (κ3) is 5.14. The Balaban J connectivity index is 1.25. The number of likely N-dealkylation sites (tertiary alicyclic amines) is 1. The molecule has 8 heteroatoms. The van der Waals surface area contributed by atoms with Gasteiger partial charge in [-0.25, -0.2) is 0 Å². The fraction of sp³-hybridized carbons (Fsp3) is 0.704. The molecular weight excluding hydrogens is 446 g/mol. The normalized spacial score (nSPS) is 25.1. The Morgan fingerprint density at radius 2 is 1.77 bits per heavy atom. The molecule has 8 nitrogen and oxygen atoms in total. The van der Waals surface area contributed by atoms with Crippen LogP contribution in [0.2, 0.25) is 0 Å². The molecule has 1 N–H and O–H groups in total. The lowest BCUT2D eigenvalue weighted by Crippen LogP contribution is -2.73. The van der Waals surface area contributed by atoms with E-state index in [2.05, 4.69) is 29.3 Å². The Hall–Kier alpha value is -2.32. The van der Waals surface area contributed by atoms with Crippen LogP contribution >= 0.6 is 0 Å². The molecule has 5 rings (SSSR count). The van der Waals surface area contributed by atoms with Gasteiger partial charge in [0.05, 0.1) is 0 Å². The fourth-order valence-corrected chi connectivity index (χ4v) is 6.01. The number of piperidine rings is 1. The molecule has 192 valence electrons. The van der Waals surface area contributed by atoms with Gasteiger partial charge in [0.2, 0.25) is 11.8 Å². The summed E-state index contributed by atoms with van der Waals surface area (Å²) < 4.78 is 16.9. The van der Waals surface area contributed by atoms with E-state index >= 15 is 0 Å². The molecular formula is C27H39N3O5. The standard InChI is InChI=1S/C27H39N3O5/c1-2-3-10-30-25(31)22(17-20-6-13-33-14-7-20)28-26(32)27(30)8-11-29(12-9-27)19-21-4-5-23-24(18-21)35-16-15-34-23/h4-5,18,20,22H,2-3,6-17,19H2,1H3,(H,28,32). The van der Waals surface area contributed by atoms with Crippen molar-refractivity contribution in [2.24, 2.45) is 5.92 Å². The van der Waals surface area contributed by atoms with E-state index < -0.39 is 11.6 Å². The fourth-order valence-electron chi connectivity index (χ4n) is 6.01. The first kappa shape index (κ1) is 24.4. The molecule has 0 bridgehead atoms. The summed E-state index contributed by atoms with van der Waals surface area (Å²) in [7, 11) is 0. The number of rotatable bonds is 7. The molecule has 1 aromatic rings. The molecule has 0 saturated carbocycles. The van der Waals surface area contributed by atoms with E-state index in [-0.39, 0.29) is 11.8 Å². The van der Waals surface area contributed by atoms with Crippen LogP contribution in [0.25, 0.3) is 0 Å². The first-order valence-corrected chi connectivity index (χ1v) is 13.4. The highest BCUT2D eigenvalue weighted by atomic mass is 16.6. The molecule has 0 aliphatic carbocycles. The van der Waals surface area contributed by atoms with E-state index in [1.54, 1.807) is 0 Å². The van der Waals surface area contributed by atoms with Gasteiger partial charge in [0.15, 0.2) is 11.5 Å². The molecule has 1 aromatic carbocycles. The van der Waals surface area contributed by atoms with Crippen molar-refractivity contribution in [3.05, 3.63) is 23.8 Å². The number of nitrogens with one attached hydrogen (secondary N) is 1. The zero-order valence-corrected chi connectivity index (χ0v) is 20.9. The zero-order chi connectivity index (χ0) is 24.3. The first-order valence-electron chi connectivity index (χ1n) is 13.4. The van der Waals surface area contributed by atoms with Crippen LogP contribution in [0.1, 0.15) is 57.4 Å². The summed E-state index contributed by atoms with van der Waals surface area (Å²) in [6.07, 6.45) is 5.92. The van der Waals surface area contributed by atoms with Gasteiger partial charge in [0.1, 0.15) is 24.8 Å². The van der Waals surface area contributed by atoms with Gasteiger partial charge in [-0.2, -0.15) is 0 Å². The number of unbranched alkanes of at least 4 members (excludes halogenated alkanes) is 1. The maximum absolute atomic E-state index is 13.7. The molecule has 1 spiro atoms. The van der Waals surface area contributed by atoms with Gasteiger partial charge in [0, 0.05) is 39.4 Å². The van der Waals surface area contributed by atoms with Gasteiger partial charge in [-0.05, 0) is 62.1 Å². The predicted octanol–water partition coefficient (Wildman–Crippen LogP) is 2.74. The molecule has 1 unspecified atom stereocenters. The molecule has 3 fully saturated rings. The van der Waals surface area contributed by atoms with Crippen molar-refractivity contribution in [1.82, 2.24) is 15.1 Å². The summed E-state index contributed by atoms with van der Waals surface area (Å²) in [5.41, 5.74) is 0.454. The average molecular weight is 486 g/mol. The summed E-state index contributed by atoms with van der Waals surface area (Å²) in [5, 5.41) is 3.16. The van der Waals surface area contributed by atoms with Crippen molar-refractivity contribution < 1.29 is 23.8 Å². The van der Waals surface area contributed by atoms with E-state index in [1.165, 1.54) is 5.56 Å². The Morgan fingerprint density at radius 1 is 1.03 bits per heavy atom. The van der Waals surface area contributed by atoms with Crippen LogP contribution in [0.4, 0.5) is 0 Å². The van der Waals surface area contributed by atoms with Crippen LogP contribution in [0.3, 0.4) is 0 Å². The monoisotopic (exact) mass is 485 g/mol. The number of piperazine rings is 1. The lowest BCUT2D eigenvalue weighted by atomic mass is 9.80. The van der Waals surface area contributed by atoms with Crippen LogP contribution in [-0.4, -0.2) is 79.3 Å². The lowest BCUT2D eigenvalue weighted by molar-refractivity contribution is -0.162. The van der Waals surface area contributed by atoms with E-state index in [0.29, 0.717) is 38.5 Å². The molecule has 35 heavy (non-hydrogen) atoms. The zero-order valence-electron chi connectivity index (χ0n) is 20.9. The molecule has 0 radical (unpaired) electrons. The van der Waals surface area contributed by atoms with Crippen LogP contribution < -0.4 is 14.8 Å². The predicted molar refractivity (Wildman–Crippen MR) is 131 cm³/mol. The quantitative estimate of drug-likeness (QED) is 0.640. The summed E-state index contributed by atoms with van der Waals surface area (Å²) >= 11 is 0. The van der Waals surface area contributed by atoms with Crippen molar-refractivity contribution in [3.63, 3.8) is 0 Å². The van der Waals surface area contributed by atoms with Crippen molar-refractivity contribution in [3.8, 4) is 11.5 Å². The van der Waals surface area contributed by atoms with Crippen LogP contribution in [0.15, 0.2) is 18.2 Å². The number of hydrogen-bond acceptors (Lipinski definition) is 6. The highest BCUT2D eigenvalue weighted by Crippen LogP contribution is 2.36. The third-order valence-corrected chi connectivity index (χ3v) is 8.15. The van der Waals surface area contributed by atoms with Crippen molar-refractivity contribution in [1.29, 1.82) is 0 Å². The lowest BCUT2D eigenvalue weighted by Gasteiger charge is -2.52. The minimum atomic E-state index is -0.721. The Bertz CT molecular complexity index is 908. The highest BCUT2D eigenvalue weighted by Gasteiger charge is 2.53. The summed E-state index contributed by atoms with van der Waals surface area (Å²) in [6, 6.07) is 5.73. The number of carbonyl (C=O) groups excluding carboxylic acids is 2. The van der Waals surface area contributed by atoms with Crippen molar-refractivity contribution in [2.45, 2.75) is 70.0 Å². The van der Waals surface area contributed by atoms with E-state index in [9.17, 15) is 9.59 Å². The third-order valence-electron chi connectivity index (χ3n) is 8.15. The number of carbonyl (C=O) groups is 2. The number of nitrogens with zero attached hydrogens (tertiary/aromatic N) is 2. The largest absolute Gasteiger partial charge is 0.486 e. The maximum Gasteiger partial charge on any atom is 0.246 e. The average Bonchev–Trinajstić information content (AvgIpc) is 2.89. The van der Waals surface area contributed by atoms with Gasteiger partial charge in [-0.15, -0.1) is 0 Å². The molecule has 2 amide bonds. The number of fused-ring (bicyclic) bond motifs is 1. The summed E-state index contributed by atoms with van der Waals surface area (Å²) in [6.45, 7) is 7.82. The number of ether oxygens (including phenoxy) is 3. The van der Waals surface area contributed by atoms with E-state index in [1.807, 2.05) is 11.0 Å². The van der Waals surface area contributed by atoms with Crippen molar-refractivity contribution >= 4 is 11.8 Å². The second-order valence-corrected chi connectivity index (χ2v) is 10.4. The Labute approximate surface area is 208 Å². The number of amides is 2. The van der Waals surface area contributed by atoms with Gasteiger partial charge >= 0.3 is 0 Å². The molecule has 4 aliphatic rings. The molecule has 4 heterocycles. The van der Waals surface area contributed by atoms with Crippen LogP contribution in [0, 0.1) is 5.92 Å². The maximum atomic E-state index is 13.7. The van der Waals surface area contributed by atoms with Crippen LogP contribution in [0.5, 0.6) is 11.5 Å². The minimum absolute atomic E-state index is 0.0456. The summed E-state index contributed by atoms with van der Waals surface area (Å²) in [4.78, 5) is 31.6. The second kappa shape index (κ2) is 10.7. The first-order chi connectivity index (χ1) is 17.1. The van der Waals surface area contributed by atoms with E-state index in [0.717, 1.165) is 76.5 Å². The molecule has 1 atom stereocenters. The SMILES string of the molecule is CCCCN1C(=O)C(CC2CCOCC2)NC(=O)C12CCN(Cc1ccc3c(c1)OCCO3)CC2. The Morgan fingerprint density at radius 3 is 2.51 bits per heavy atom. The number of benzene rings is 1. The van der Waals surface area contributed by atoms with Gasteiger partial charge < -0.3 is 24.4 Å². The highest BCUT2D eigenvalue weighted by molar-refractivity contribution is 6.00. The second-order valence-electron chi connectivity index (χ2n) is 10.4. The summed E-state index contributed by atoms with van der Waals surface area (Å²) in [5.74, 6) is 2.21. The molecule has 3 saturated heterocycles. The smallest absolute Gasteiger partial charge is 0.246 e. The topological polar surface area (TPSA) is 80.3 Å². The Kier molecular flexibility index (Phi) is 7.48. The minimum Gasteiger partial charge on any atom is -0.486 e. The van der Waals surface area contributed by atoms with Gasteiger partial charge in [-0.1, -0.05) is 19.4 Å². The van der Waals surface area contributed by atoms with Gasteiger partial charge in [-0.3, -0.25) is 14.5 Å². The van der Waals surface area contributed by atoms with E-state index in [4.69, 9.17) is 14.2 Å².